The predicted octanol–water partition coefficient (Wildman–Crippen LogP) is 5.20. The maximum absolute atomic E-state index is 12.6. The molecule has 0 aliphatic carbocycles. The van der Waals surface area contributed by atoms with Gasteiger partial charge in [-0.3, -0.25) is 4.72 Å². The van der Waals surface area contributed by atoms with E-state index in [9.17, 15) is 8.42 Å². The third kappa shape index (κ3) is 4.06. The Kier molecular flexibility index (Phi) is 5.00. The minimum absolute atomic E-state index is 0.190. The van der Waals surface area contributed by atoms with Crippen LogP contribution in [0.2, 0.25) is 0 Å². The van der Waals surface area contributed by atoms with Crippen LogP contribution < -0.4 is 9.46 Å². The molecule has 0 radical (unpaired) electrons. The lowest BCUT2D eigenvalue weighted by Crippen LogP contribution is -2.13. The zero-order valence-electron chi connectivity index (χ0n) is 15.0. The highest BCUT2D eigenvalue weighted by Crippen LogP contribution is 2.26. The van der Waals surface area contributed by atoms with Gasteiger partial charge in [-0.05, 0) is 73.9 Å². The number of ether oxygens (including phenoxy) is 1. The highest BCUT2D eigenvalue weighted by Gasteiger charge is 2.15. The number of anilines is 1. The Balaban J connectivity index is 1.81. The van der Waals surface area contributed by atoms with Crippen molar-refractivity contribution in [1.82, 2.24) is 0 Å². The van der Waals surface area contributed by atoms with Gasteiger partial charge in [-0.25, -0.2) is 8.42 Å². The van der Waals surface area contributed by atoms with Crippen LogP contribution in [0, 0.1) is 20.8 Å². The Bertz CT molecular complexity index is 1030. The molecule has 134 valence electrons. The Morgan fingerprint density at radius 2 is 1.50 bits per heavy atom. The topological polar surface area (TPSA) is 55.4 Å². The highest BCUT2D eigenvalue weighted by molar-refractivity contribution is 7.92. The van der Waals surface area contributed by atoms with Crippen LogP contribution in [0.25, 0.3) is 0 Å². The molecular weight excluding hydrogens is 346 g/mol. The van der Waals surface area contributed by atoms with Crippen molar-refractivity contribution in [2.45, 2.75) is 25.7 Å². The first-order valence-corrected chi connectivity index (χ1v) is 9.77. The van der Waals surface area contributed by atoms with Crippen LogP contribution in [-0.4, -0.2) is 8.42 Å². The van der Waals surface area contributed by atoms with Gasteiger partial charge in [0.1, 0.15) is 11.5 Å². The Hall–Kier alpha value is -2.79. The van der Waals surface area contributed by atoms with E-state index in [2.05, 4.69) is 4.72 Å². The summed E-state index contributed by atoms with van der Waals surface area (Å²) in [6.07, 6.45) is 0. The number of aryl methyl sites for hydroxylation is 3. The van der Waals surface area contributed by atoms with Crippen molar-refractivity contribution in [3.8, 4) is 11.5 Å². The average Bonchev–Trinajstić information content (AvgIpc) is 2.60. The number of nitrogens with one attached hydrogen (secondary N) is 1. The van der Waals surface area contributed by atoms with Gasteiger partial charge in [-0.1, -0.05) is 30.3 Å². The van der Waals surface area contributed by atoms with Gasteiger partial charge in [0.05, 0.1) is 10.6 Å². The van der Waals surface area contributed by atoms with Crippen LogP contribution in [0.15, 0.2) is 71.6 Å². The first-order valence-electron chi connectivity index (χ1n) is 8.29. The second kappa shape index (κ2) is 7.22. The van der Waals surface area contributed by atoms with E-state index in [1.54, 1.807) is 24.3 Å². The average molecular weight is 367 g/mol. The summed E-state index contributed by atoms with van der Waals surface area (Å²) in [4.78, 5) is 0.190. The largest absolute Gasteiger partial charge is 0.457 e. The van der Waals surface area contributed by atoms with E-state index < -0.39 is 10.0 Å². The van der Waals surface area contributed by atoms with Gasteiger partial charge in [0.2, 0.25) is 0 Å². The van der Waals surface area contributed by atoms with E-state index in [1.165, 1.54) is 0 Å². The molecule has 3 aromatic rings. The monoisotopic (exact) mass is 367 g/mol. The molecule has 0 fully saturated rings. The number of sulfonamides is 1. The Labute approximate surface area is 154 Å². The third-order valence-corrected chi connectivity index (χ3v) is 5.47. The van der Waals surface area contributed by atoms with Gasteiger partial charge >= 0.3 is 0 Å². The van der Waals surface area contributed by atoms with Gasteiger partial charge < -0.3 is 4.74 Å². The van der Waals surface area contributed by atoms with Gasteiger partial charge in [0.25, 0.3) is 10.0 Å². The predicted molar refractivity (Wildman–Crippen MR) is 104 cm³/mol. The molecule has 4 nitrogen and oxygen atoms in total. The van der Waals surface area contributed by atoms with E-state index in [0.29, 0.717) is 11.4 Å². The van der Waals surface area contributed by atoms with Crippen LogP contribution in [0.3, 0.4) is 0 Å². The minimum atomic E-state index is -3.66. The van der Waals surface area contributed by atoms with Crippen molar-refractivity contribution in [3.05, 3.63) is 83.4 Å². The minimum Gasteiger partial charge on any atom is -0.457 e. The number of hydrogen-bond donors (Lipinski definition) is 1. The van der Waals surface area contributed by atoms with Crippen LogP contribution in [0.1, 0.15) is 16.7 Å². The molecule has 0 unspecified atom stereocenters. The summed E-state index contributed by atoms with van der Waals surface area (Å²) in [6.45, 7) is 5.76. The lowest BCUT2D eigenvalue weighted by Gasteiger charge is -2.12. The molecule has 0 saturated carbocycles. The van der Waals surface area contributed by atoms with Crippen molar-refractivity contribution < 1.29 is 13.2 Å². The van der Waals surface area contributed by atoms with Gasteiger partial charge in [0, 0.05) is 0 Å². The van der Waals surface area contributed by atoms with Crippen molar-refractivity contribution in [3.63, 3.8) is 0 Å². The standard InChI is InChI=1S/C21H21NO3S/c1-15-8-9-16(2)20(14-15)22-26(23,24)19-12-10-18(11-13-19)25-21-7-5-4-6-17(21)3/h4-14,22H,1-3H3. The fourth-order valence-electron chi connectivity index (χ4n) is 2.53. The molecule has 3 rings (SSSR count). The lowest BCUT2D eigenvalue weighted by molar-refractivity contribution is 0.478. The van der Waals surface area contributed by atoms with Gasteiger partial charge in [-0.2, -0.15) is 0 Å². The third-order valence-electron chi connectivity index (χ3n) is 4.09. The Morgan fingerprint density at radius 1 is 0.808 bits per heavy atom. The van der Waals surface area contributed by atoms with Crippen LogP contribution in [0.5, 0.6) is 11.5 Å². The van der Waals surface area contributed by atoms with Gasteiger partial charge in [0.15, 0.2) is 0 Å². The number of benzene rings is 3. The summed E-state index contributed by atoms with van der Waals surface area (Å²) >= 11 is 0. The van der Waals surface area contributed by atoms with Crippen LogP contribution in [0.4, 0.5) is 5.69 Å². The number of para-hydroxylation sites is 1. The van der Waals surface area contributed by atoms with Crippen molar-refractivity contribution >= 4 is 15.7 Å². The van der Waals surface area contributed by atoms with E-state index >= 15 is 0 Å². The number of hydrogen-bond acceptors (Lipinski definition) is 3. The van der Waals surface area contributed by atoms with E-state index in [0.717, 1.165) is 22.4 Å². The Morgan fingerprint density at radius 3 is 2.19 bits per heavy atom. The molecule has 5 heteroatoms. The zero-order valence-corrected chi connectivity index (χ0v) is 15.8. The molecule has 0 heterocycles. The van der Waals surface area contributed by atoms with E-state index in [-0.39, 0.29) is 4.90 Å². The summed E-state index contributed by atoms with van der Waals surface area (Å²) in [6, 6.07) is 19.7. The first kappa shape index (κ1) is 18.0. The van der Waals surface area contributed by atoms with E-state index in [1.807, 2.05) is 63.2 Å². The first-order chi connectivity index (χ1) is 12.3. The van der Waals surface area contributed by atoms with Crippen molar-refractivity contribution in [2.75, 3.05) is 4.72 Å². The van der Waals surface area contributed by atoms with Crippen molar-refractivity contribution in [1.29, 1.82) is 0 Å². The quantitative estimate of drug-likeness (QED) is 0.674. The zero-order chi connectivity index (χ0) is 18.7. The highest BCUT2D eigenvalue weighted by atomic mass is 32.2. The smallest absolute Gasteiger partial charge is 0.261 e. The molecular formula is C21H21NO3S. The molecule has 26 heavy (non-hydrogen) atoms. The van der Waals surface area contributed by atoms with Crippen molar-refractivity contribution in [2.24, 2.45) is 0 Å². The summed E-state index contributed by atoms with van der Waals surface area (Å²) < 4.78 is 33.7. The van der Waals surface area contributed by atoms with E-state index in [4.69, 9.17) is 4.74 Å². The fraction of sp³-hybridized carbons (Fsp3) is 0.143. The number of rotatable bonds is 5. The molecule has 0 amide bonds. The molecule has 3 aromatic carbocycles. The summed E-state index contributed by atoms with van der Waals surface area (Å²) in [5, 5.41) is 0. The lowest BCUT2D eigenvalue weighted by atomic mass is 10.1. The van der Waals surface area contributed by atoms with Crippen LogP contribution >= 0.6 is 0 Å². The summed E-state index contributed by atoms with van der Waals surface area (Å²) in [5.41, 5.74) is 3.47. The molecule has 0 aliphatic rings. The SMILES string of the molecule is Cc1ccc(C)c(NS(=O)(=O)c2ccc(Oc3ccccc3C)cc2)c1. The second-order valence-corrected chi connectivity index (χ2v) is 7.95. The maximum atomic E-state index is 12.6. The summed E-state index contributed by atoms with van der Waals surface area (Å²) in [5.74, 6) is 1.33. The maximum Gasteiger partial charge on any atom is 0.261 e. The summed E-state index contributed by atoms with van der Waals surface area (Å²) in [7, 11) is -3.66. The van der Waals surface area contributed by atoms with Crippen LogP contribution in [-0.2, 0) is 10.0 Å². The second-order valence-electron chi connectivity index (χ2n) is 6.26. The molecule has 0 saturated heterocycles. The molecule has 0 bridgehead atoms. The fourth-order valence-corrected chi connectivity index (χ4v) is 3.66. The molecule has 0 atom stereocenters. The molecule has 0 spiro atoms. The molecule has 1 N–H and O–H groups in total. The molecule has 0 aliphatic heterocycles. The molecule has 0 aromatic heterocycles. The normalized spacial score (nSPS) is 11.2. The van der Waals surface area contributed by atoms with Gasteiger partial charge in [-0.15, -0.1) is 0 Å².